The van der Waals surface area contributed by atoms with Crippen LogP contribution in [0.3, 0.4) is 0 Å². The number of likely N-dealkylation sites (tertiary alicyclic amines) is 1. The van der Waals surface area contributed by atoms with E-state index in [0.717, 1.165) is 48.8 Å². The molecular formula is C21H30NO3+. The molecule has 0 N–H and O–H groups in total. The van der Waals surface area contributed by atoms with Crippen LogP contribution in [-0.4, -0.2) is 43.4 Å². The summed E-state index contributed by atoms with van der Waals surface area (Å²) in [5.74, 6) is -0.657. The molecule has 4 heteroatoms. The summed E-state index contributed by atoms with van der Waals surface area (Å²) in [4.78, 5) is 13.3. The minimum Gasteiger partial charge on any atom is -0.430 e. The lowest BCUT2D eigenvalue weighted by Gasteiger charge is -2.42. The number of rotatable bonds is 2. The van der Waals surface area contributed by atoms with Gasteiger partial charge in [0.05, 0.1) is 40.0 Å². The monoisotopic (exact) mass is 344 g/mol. The minimum atomic E-state index is -0.907. The Bertz CT molecular complexity index is 626. The number of ether oxygens (including phenoxy) is 2. The van der Waals surface area contributed by atoms with Gasteiger partial charge in [0.15, 0.2) is 5.60 Å². The number of esters is 1. The van der Waals surface area contributed by atoms with E-state index in [4.69, 9.17) is 9.47 Å². The molecule has 1 unspecified atom stereocenters. The summed E-state index contributed by atoms with van der Waals surface area (Å²) in [5, 5.41) is 0. The summed E-state index contributed by atoms with van der Waals surface area (Å²) in [7, 11) is 4.46. The van der Waals surface area contributed by atoms with Crippen molar-refractivity contribution in [3.8, 4) is 0 Å². The fourth-order valence-corrected chi connectivity index (χ4v) is 4.84. The highest BCUT2D eigenvalue weighted by Crippen LogP contribution is 2.52. The van der Waals surface area contributed by atoms with E-state index in [2.05, 4.69) is 14.1 Å². The number of carbonyl (C=O) groups excluding carboxylic acids is 1. The first-order chi connectivity index (χ1) is 12.0. The van der Waals surface area contributed by atoms with E-state index in [1.165, 1.54) is 19.3 Å². The summed E-state index contributed by atoms with van der Waals surface area (Å²) in [6.07, 6.45) is 7.26. The number of quaternary nitrogens is 1. The molecule has 3 fully saturated rings. The van der Waals surface area contributed by atoms with Crippen LogP contribution in [0.1, 0.15) is 50.5 Å². The Balaban J connectivity index is 1.70. The SMILES string of the molecule is C[N+]1(C)CCC2(CC1)OC(=O)C(c1ccccc1)(C1CCCCC1)O2. The minimum absolute atomic E-state index is 0.155. The maximum absolute atomic E-state index is 13.3. The van der Waals surface area contributed by atoms with Gasteiger partial charge in [-0.05, 0) is 18.4 Å². The molecule has 4 nitrogen and oxygen atoms in total. The van der Waals surface area contributed by atoms with Gasteiger partial charge < -0.3 is 14.0 Å². The largest absolute Gasteiger partial charge is 0.430 e. The first-order valence-corrected chi connectivity index (χ1v) is 9.77. The van der Waals surface area contributed by atoms with Gasteiger partial charge in [-0.15, -0.1) is 0 Å². The normalized spacial score (nSPS) is 31.8. The van der Waals surface area contributed by atoms with Crippen LogP contribution in [0.15, 0.2) is 30.3 Å². The second-order valence-corrected chi connectivity index (χ2v) is 8.72. The van der Waals surface area contributed by atoms with Gasteiger partial charge >= 0.3 is 5.97 Å². The van der Waals surface area contributed by atoms with Crippen LogP contribution < -0.4 is 0 Å². The fraction of sp³-hybridized carbons (Fsp3) is 0.667. The zero-order valence-corrected chi connectivity index (χ0v) is 15.5. The molecule has 1 atom stereocenters. The number of piperidine rings is 1. The van der Waals surface area contributed by atoms with Crippen molar-refractivity contribution in [2.75, 3.05) is 27.2 Å². The van der Waals surface area contributed by atoms with Gasteiger partial charge in [0.25, 0.3) is 0 Å². The molecule has 1 spiro atoms. The molecule has 2 aliphatic heterocycles. The molecular weight excluding hydrogens is 314 g/mol. The van der Waals surface area contributed by atoms with Crippen LogP contribution in [0.4, 0.5) is 0 Å². The molecule has 3 aliphatic rings. The van der Waals surface area contributed by atoms with Crippen molar-refractivity contribution >= 4 is 5.97 Å². The van der Waals surface area contributed by atoms with E-state index >= 15 is 0 Å². The van der Waals surface area contributed by atoms with Crippen molar-refractivity contribution in [3.63, 3.8) is 0 Å². The first kappa shape index (κ1) is 17.0. The third-order valence-electron chi connectivity index (χ3n) is 6.51. The summed E-state index contributed by atoms with van der Waals surface area (Å²) in [5.41, 5.74) is 0.0685. The highest BCUT2D eigenvalue weighted by atomic mass is 16.8. The van der Waals surface area contributed by atoms with Crippen molar-refractivity contribution in [2.24, 2.45) is 5.92 Å². The Morgan fingerprint density at radius 1 is 1.00 bits per heavy atom. The third-order valence-corrected chi connectivity index (χ3v) is 6.51. The van der Waals surface area contributed by atoms with E-state index in [-0.39, 0.29) is 11.9 Å². The van der Waals surface area contributed by atoms with Crippen molar-refractivity contribution in [3.05, 3.63) is 35.9 Å². The maximum atomic E-state index is 13.3. The molecule has 1 aromatic rings. The van der Waals surface area contributed by atoms with Crippen molar-refractivity contribution in [2.45, 2.75) is 56.3 Å². The van der Waals surface area contributed by atoms with Crippen LogP contribution in [0.5, 0.6) is 0 Å². The van der Waals surface area contributed by atoms with Gasteiger partial charge in [0.2, 0.25) is 5.79 Å². The van der Waals surface area contributed by atoms with Crippen molar-refractivity contribution in [1.29, 1.82) is 0 Å². The van der Waals surface area contributed by atoms with Gasteiger partial charge in [-0.3, -0.25) is 0 Å². The number of hydrogen-bond donors (Lipinski definition) is 0. The molecule has 0 bridgehead atoms. The van der Waals surface area contributed by atoms with Gasteiger partial charge in [0.1, 0.15) is 0 Å². The first-order valence-electron chi connectivity index (χ1n) is 9.77. The molecule has 4 rings (SSSR count). The molecule has 25 heavy (non-hydrogen) atoms. The Morgan fingerprint density at radius 2 is 1.64 bits per heavy atom. The van der Waals surface area contributed by atoms with E-state index < -0.39 is 11.4 Å². The predicted octanol–water partition coefficient (Wildman–Crippen LogP) is 3.60. The van der Waals surface area contributed by atoms with Gasteiger partial charge in [-0.1, -0.05) is 49.6 Å². The lowest BCUT2D eigenvalue weighted by molar-refractivity contribution is -0.898. The topological polar surface area (TPSA) is 35.5 Å². The molecule has 1 saturated carbocycles. The van der Waals surface area contributed by atoms with E-state index in [9.17, 15) is 4.79 Å². The number of nitrogens with zero attached hydrogens (tertiary/aromatic N) is 1. The number of carbonyl (C=O) groups is 1. The molecule has 0 aromatic heterocycles. The molecule has 2 saturated heterocycles. The summed E-state index contributed by atoms with van der Waals surface area (Å²) >= 11 is 0. The van der Waals surface area contributed by atoms with Crippen LogP contribution >= 0.6 is 0 Å². The van der Waals surface area contributed by atoms with E-state index in [0.29, 0.717) is 0 Å². The number of benzene rings is 1. The smallest absolute Gasteiger partial charge is 0.346 e. The Hall–Kier alpha value is -1.39. The maximum Gasteiger partial charge on any atom is 0.346 e. The van der Waals surface area contributed by atoms with Crippen LogP contribution in [0, 0.1) is 5.92 Å². The molecule has 0 amide bonds. The van der Waals surface area contributed by atoms with Gasteiger partial charge in [0, 0.05) is 5.92 Å². The Labute approximate surface area is 150 Å². The Kier molecular flexibility index (Phi) is 4.16. The summed E-state index contributed by atoms with van der Waals surface area (Å²) < 4.78 is 13.7. The standard InChI is InChI=1S/C21H30NO3/c1-22(2)15-13-20(14-16-22)24-19(23)21(25-20,17-9-5-3-6-10-17)18-11-7-4-8-12-18/h3,5-6,9-10,18H,4,7-8,11-16H2,1-2H3/q+1. The lowest BCUT2D eigenvalue weighted by atomic mass is 9.73. The third kappa shape index (κ3) is 2.89. The van der Waals surface area contributed by atoms with Crippen molar-refractivity contribution < 1.29 is 18.8 Å². The van der Waals surface area contributed by atoms with Gasteiger partial charge in [-0.2, -0.15) is 0 Å². The lowest BCUT2D eigenvalue weighted by Crippen LogP contribution is -2.53. The van der Waals surface area contributed by atoms with Gasteiger partial charge in [-0.25, -0.2) is 4.79 Å². The average Bonchev–Trinajstić information content (AvgIpc) is 2.93. The number of hydrogen-bond acceptors (Lipinski definition) is 3. The molecule has 1 aliphatic carbocycles. The molecule has 0 radical (unpaired) electrons. The second-order valence-electron chi connectivity index (χ2n) is 8.72. The zero-order chi connectivity index (χ0) is 17.5. The van der Waals surface area contributed by atoms with Crippen LogP contribution in [-0.2, 0) is 19.9 Å². The molecule has 2 heterocycles. The van der Waals surface area contributed by atoms with Crippen LogP contribution in [0.25, 0.3) is 0 Å². The highest BCUT2D eigenvalue weighted by molar-refractivity contribution is 5.84. The molecule has 136 valence electrons. The summed E-state index contributed by atoms with van der Waals surface area (Å²) in [6.45, 7) is 1.95. The van der Waals surface area contributed by atoms with Crippen molar-refractivity contribution in [1.82, 2.24) is 0 Å². The highest BCUT2D eigenvalue weighted by Gasteiger charge is 2.63. The Morgan fingerprint density at radius 3 is 2.28 bits per heavy atom. The molecule has 1 aromatic carbocycles. The van der Waals surface area contributed by atoms with E-state index in [1.54, 1.807) is 0 Å². The second kappa shape index (κ2) is 6.10. The summed E-state index contributed by atoms with van der Waals surface area (Å²) in [6, 6.07) is 10.1. The average molecular weight is 344 g/mol. The van der Waals surface area contributed by atoms with E-state index in [1.807, 2.05) is 30.3 Å². The predicted molar refractivity (Wildman–Crippen MR) is 95.7 cm³/mol. The zero-order valence-electron chi connectivity index (χ0n) is 15.5. The quantitative estimate of drug-likeness (QED) is 0.607. The van der Waals surface area contributed by atoms with Crippen LogP contribution in [0.2, 0.25) is 0 Å². The fourth-order valence-electron chi connectivity index (χ4n) is 4.84.